The van der Waals surface area contributed by atoms with E-state index in [1.165, 1.54) is 41.2 Å². The first-order valence-electron chi connectivity index (χ1n) is 9.52. The summed E-state index contributed by atoms with van der Waals surface area (Å²) < 4.78 is 53.0. The Morgan fingerprint density at radius 3 is 2.59 bits per heavy atom. The van der Waals surface area contributed by atoms with E-state index >= 15 is 0 Å². The Kier molecular flexibility index (Phi) is 7.15. The smallest absolute Gasteiger partial charge is 0.391 e. The van der Waals surface area contributed by atoms with Crippen LogP contribution in [-0.2, 0) is 0 Å². The van der Waals surface area contributed by atoms with E-state index in [2.05, 4.69) is 15.3 Å². The van der Waals surface area contributed by atoms with E-state index < -0.39 is 37.1 Å². The Morgan fingerprint density at radius 1 is 1.22 bits per heavy atom. The molecule has 11 heteroatoms. The first kappa shape index (κ1) is 23.7. The molecule has 0 saturated carbocycles. The summed E-state index contributed by atoms with van der Waals surface area (Å²) in [5.74, 6) is -0.701. The van der Waals surface area contributed by atoms with Gasteiger partial charge in [-0.25, -0.2) is 14.4 Å². The van der Waals surface area contributed by atoms with Crippen LogP contribution in [0.3, 0.4) is 0 Å². The number of pyridine rings is 1. The van der Waals surface area contributed by atoms with E-state index in [0.717, 1.165) is 0 Å². The fourth-order valence-corrected chi connectivity index (χ4v) is 3.23. The molecule has 0 fully saturated rings. The predicted octanol–water partition coefficient (Wildman–Crippen LogP) is 4.43. The number of halogens is 5. The quantitative estimate of drug-likeness (QED) is 0.499. The van der Waals surface area contributed by atoms with Gasteiger partial charge in [-0.3, -0.25) is 4.79 Å². The van der Waals surface area contributed by atoms with Gasteiger partial charge >= 0.3 is 6.18 Å². The number of hydrogen-bond acceptors (Lipinski definition) is 5. The van der Waals surface area contributed by atoms with Gasteiger partial charge in [-0.15, -0.1) is 0 Å². The molecule has 6 nitrogen and oxygen atoms in total. The van der Waals surface area contributed by atoms with Gasteiger partial charge in [0.2, 0.25) is 5.95 Å². The lowest BCUT2D eigenvalue weighted by atomic mass is 10.1. The molecule has 0 radical (unpaired) electrons. The van der Waals surface area contributed by atoms with Gasteiger partial charge in [0, 0.05) is 24.0 Å². The third kappa shape index (κ3) is 5.83. The highest BCUT2D eigenvalue weighted by Gasteiger charge is 2.32. The molecule has 0 spiro atoms. The number of rotatable bonds is 7. The minimum atomic E-state index is -4.47. The van der Waals surface area contributed by atoms with Crippen molar-refractivity contribution in [2.45, 2.75) is 31.6 Å². The number of aliphatic hydroxyl groups is 1. The van der Waals surface area contributed by atoms with Crippen molar-refractivity contribution >= 4 is 17.5 Å². The maximum atomic E-state index is 13.8. The molecular weight excluding hydrogens is 452 g/mol. The van der Waals surface area contributed by atoms with E-state index in [4.69, 9.17) is 11.6 Å². The third-order valence-electron chi connectivity index (χ3n) is 4.77. The number of benzene rings is 1. The number of nitrogens with zero attached hydrogens (tertiary/aromatic N) is 3. The molecule has 2 unspecified atom stereocenters. The first-order chi connectivity index (χ1) is 15.1. The van der Waals surface area contributed by atoms with Gasteiger partial charge in [-0.05, 0) is 36.8 Å². The lowest BCUT2D eigenvalue weighted by Gasteiger charge is -2.18. The van der Waals surface area contributed by atoms with Gasteiger partial charge in [-0.1, -0.05) is 17.7 Å². The summed E-state index contributed by atoms with van der Waals surface area (Å²) in [6.07, 6.45) is -2.87. The summed E-state index contributed by atoms with van der Waals surface area (Å²) in [6, 6.07) is 6.93. The average Bonchev–Trinajstić information content (AvgIpc) is 2.74. The van der Waals surface area contributed by atoms with Crippen molar-refractivity contribution in [3.8, 4) is 11.3 Å². The molecule has 170 valence electrons. The Hall–Kier alpha value is -2.98. The summed E-state index contributed by atoms with van der Waals surface area (Å²) in [5.41, 5.74) is 0.891. The standard InChI is InChI=1S/C21H19ClF4N4O2/c1-12(13-2-3-16(22)17(23)8-13)30-7-5-14(9-19(30)32)18-4-6-27-20(29-18)28-15(11-31)10-21(24,25)26/h2-9,12,15,31H,10-11H2,1H3,(H,27,28,29). The molecule has 0 amide bonds. The summed E-state index contributed by atoms with van der Waals surface area (Å²) in [6.45, 7) is 0.971. The van der Waals surface area contributed by atoms with Gasteiger partial charge in [0.1, 0.15) is 5.82 Å². The molecule has 0 aliphatic rings. The SMILES string of the molecule is CC(c1ccc(Cl)c(F)c1)n1ccc(-c2ccnc(NC(CO)CC(F)(F)F)n2)cc1=O. The normalized spacial score (nSPS) is 13.6. The van der Waals surface area contributed by atoms with Crippen LogP contribution < -0.4 is 10.9 Å². The number of aromatic nitrogens is 3. The van der Waals surface area contributed by atoms with E-state index in [-0.39, 0.29) is 16.5 Å². The van der Waals surface area contributed by atoms with Crippen molar-refractivity contribution in [1.29, 1.82) is 0 Å². The van der Waals surface area contributed by atoms with Crippen LogP contribution in [-0.4, -0.2) is 38.5 Å². The highest BCUT2D eigenvalue weighted by molar-refractivity contribution is 6.30. The molecule has 0 aliphatic carbocycles. The molecule has 32 heavy (non-hydrogen) atoms. The molecule has 2 atom stereocenters. The van der Waals surface area contributed by atoms with Gasteiger partial charge in [-0.2, -0.15) is 13.2 Å². The van der Waals surface area contributed by atoms with E-state index in [1.807, 2.05) is 0 Å². The molecule has 2 N–H and O–H groups in total. The van der Waals surface area contributed by atoms with Crippen LogP contribution in [0.4, 0.5) is 23.5 Å². The average molecular weight is 471 g/mol. The molecule has 0 bridgehead atoms. The Balaban J connectivity index is 1.83. The van der Waals surface area contributed by atoms with Crippen LogP contribution in [0.1, 0.15) is 24.9 Å². The van der Waals surface area contributed by atoms with Crippen molar-refractivity contribution in [2.24, 2.45) is 0 Å². The summed E-state index contributed by atoms with van der Waals surface area (Å²) in [7, 11) is 0. The second-order valence-corrected chi connectivity index (χ2v) is 7.53. The van der Waals surface area contributed by atoms with E-state index in [9.17, 15) is 27.5 Å². The van der Waals surface area contributed by atoms with Gasteiger partial charge < -0.3 is 15.0 Å². The monoisotopic (exact) mass is 470 g/mol. The zero-order chi connectivity index (χ0) is 23.5. The van der Waals surface area contributed by atoms with Crippen LogP contribution in [0.15, 0.2) is 53.6 Å². The Labute approximate surface area is 185 Å². The molecule has 0 aliphatic heterocycles. The zero-order valence-corrected chi connectivity index (χ0v) is 17.5. The van der Waals surface area contributed by atoms with Crippen molar-refractivity contribution in [1.82, 2.24) is 14.5 Å². The van der Waals surface area contributed by atoms with Crippen LogP contribution in [0, 0.1) is 5.82 Å². The Bertz CT molecular complexity index is 1150. The van der Waals surface area contributed by atoms with Crippen LogP contribution in [0.5, 0.6) is 0 Å². The fourth-order valence-electron chi connectivity index (χ4n) is 3.11. The van der Waals surface area contributed by atoms with Gasteiger partial charge in [0.15, 0.2) is 0 Å². The summed E-state index contributed by atoms with van der Waals surface area (Å²) >= 11 is 5.71. The Morgan fingerprint density at radius 2 is 1.97 bits per heavy atom. The van der Waals surface area contributed by atoms with Gasteiger partial charge in [0.25, 0.3) is 5.56 Å². The number of alkyl halides is 3. The third-order valence-corrected chi connectivity index (χ3v) is 5.08. The molecule has 3 aromatic rings. The lowest BCUT2D eigenvalue weighted by Crippen LogP contribution is -2.30. The maximum absolute atomic E-state index is 13.8. The molecule has 2 aromatic heterocycles. The summed E-state index contributed by atoms with van der Waals surface area (Å²) in [4.78, 5) is 20.7. The minimum absolute atomic E-state index is 0.0181. The number of hydrogen-bond donors (Lipinski definition) is 2. The summed E-state index contributed by atoms with van der Waals surface area (Å²) in [5, 5.41) is 11.6. The second kappa shape index (κ2) is 9.66. The van der Waals surface area contributed by atoms with Gasteiger partial charge in [0.05, 0.1) is 35.8 Å². The molecular formula is C21H19ClF4N4O2. The van der Waals surface area contributed by atoms with Crippen molar-refractivity contribution in [3.05, 3.63) is 75.5 Å². The predicted molar refractivity (Wildman–Crippen MR) is 112 cm³/mol. The zero-order valence-electron chi connectivity index (χ0n) is 16.8. The van der Waals surface area contributed by atoms with E-state index in [1.54, 1.807) is 19.1 Å². The lowest BCUT2D eigenvalue weighted by molar-refractivity contribution is -0.138. The molecule has 1 aromatic carbocycles. The second-order valence-electron chi connectivity index (χ2n) is 7.12. The van der Waals surface area contributed by atoms with Crippen LogP contribution in [0.2, 0.25) is 5.02 Å². The topological polar surface area (TPSA) is 80.0 Å². The molecule has 3 rings (SSSR count). The molecule has 2 heterocycles. The minimum Gasteiger partial charge on any atom is -0.394 e. The number of nitrogens with one attached hydrogen (secondary N) is 1. The fraction of sp³-hybridized carbons (Fsp3) is 0.286. The largest absolute Gasteiger partial charge is 0.394 e. The molecule has 0 saturated heterocycles. The number of aliphatic hydroxyl groups excluding tert-OH is 1. The van der Waals surface area contributed by atoms with Crippen molar-refractivity contribution < 1.29 is 22.7 Å². The first-order valence-corrected chi connectivity index (χ1v) is 9.90. The van der Waals surface area contributed by atoms with E-state index in [0.29, 0.717) is 16.8 Å². The van der Waals surface area contributed by atoms with Crippen LogP contribution in [0.25, 0.3) is 11.3 Å². The maximum Gasteiger partial charge on any atom is 0.391 e. The number of anilines is 1. The van der Waals surface area contributed by atoms with Crippen molar-refractivity contribution in [3.63, 3.8) is 0 Å². The highest BCUT2D eigenvalue weighted by Crippen LogP contribution is 2.25. The highest BCUT2D eigenvalue weighted by atomic mass is 35.5. The van der Waals surface area contributed by atoms with Crippen molar-refractivity contribution in [2.75, 3.05) is 11.9 Å². The van der Waals surface area contributed by atoms with Crippen LogP contribution >= 0.6 is 11.6 Å².